The van der Waals surface area contributed by atoms with Gasteiger partial charge in [0.05, 0.1) is 25.5 Å². The van der Waals surface area contributed by atoms with Gasteiger partial charge in [-0.15, -0.1) is 6.58 Å². The first-order valence-electron chi connectivity index (χ1n) is 11.1. The van der Waals surface area contributed by atoms with Crippen molar-refractivity contribution >= 4 is 29.6 Å². The highest BCUT2D eigenvalue weighted by Crippen LogP contribution is 2.35. The fourth-order valence-electron chi connectivity index (χ4n) is 3.55. The minimum absolute atomic E-state index is 0.183. The summed E-state index contributed by atoms with van der Waals surface area (Å²) in [4.78, 5) is 39.6. The van der Waals surface area contributed by atoms with Crippen LogP contribution in [0.3, 0.4) is 0 Å². The Morgan fingerprint density at radius 1 is 0.912 bits per heavy atom. The van der Waals surface area contributed by atoms with Gasteiger partial charge in [0.1, 0.15) is 22.8 Å². The zero-order valence-corrected chi connectivity index (χ0v) is 19.6. The topological polar surface area (TPSA) is 94.2 Å². The Balaban J connectivity index is 2.05. The molecule has 0 radical (unpaired) electrons. The monoisotopic (exact) mass is 464 g/mol. The van der Waals surface area contributed by atoms with Crippen LogP contribution in [-0.2, 0) is 16.0 Å². The van der Waals surface area contributed by atoms with Gasteiger partial charge in [-0.05, 0) is 68.7 Å². The van der Waals surface area contributed by atoms with E-state index in [1.54, 1.807) is 43.3 Å². The average molecular weight is 465 g/mol. The van der Waals surface area contributed by atoms with Crippen molar-refractivity contribution < 1.29 is 28.6 Å². The maximum atomic E-state index is 13.4. The molecule has 0 atom stereocenters. The standard InChI is InChI=1S/C26H28N2O6/c1-5-9-18-14-17(10-12-22(18)33-7-3)15-20-24(29)27-26(31)28(25(20)30)21-16-19(32-6-2)11-13-23(21)34-8-4/h5,10-16H,1,6-9H2,2-4H3,(H,27,29,31)/b20-15+. The number of barbiturate groups is 1. The molecule has 8 nitrogen and oxygen atoms in total. The third-order valence-electron chi connectivity index (χ3n) is 4.94. The summed E-state index contributed by atoms with van der Waals surface area (Å²) in [5.41, 5.74) is 1.48. The van der Waals surface area contributed by atoms with E-state index in [4.69, 9.17) is 14.2 Å². The van der Waals surface area contributed by atoms with E-state index < -0.39 is 17.8 Å². The van der Waals surface area contributed by atoms with Gasteiger partial charge in [0, 0.05) is 6.07 Å². The number of anilines is 1. The molecular weight excluding hydrogens is 436 g/mol. The van der Waals surface area contributed by atoms with Crippen LogP contribution >= 0.6 is 0 Å². The van der Waals surface area contributed by atoms with E-state index >= 15 is 0 Å². The van der Waals surface area contributed by atoms with E-state index in [0.717, 1.165) is 10.5 Å². The van der Waals surface area contributed by atoms with Gasteiger partial charge in [0.15, 0.2) is 0 Å². The van der Waals surface area contributed by atoms with Crippen molar-refractivity contribution in [1.82, 2.24) is 5.32 Å². The number of carbonyl (C=O) groups excluding carboxylic acids is 3. The molecule has 8 heteroatoms. The van der Waals surface area contributed by atoms with Gasteiger partial charge in [-0.1, -0.05) is 12.1 Å². The van der Waals surface area contributed by atoms with Crippen molar-refractivity contribution in [2.24, 2.45) is 0 Å². The zero-order valence-electron chi connectivity index (χ0n) is 19.6. The number of hydrogen-bond donors (Lipinski definition) is 1. The Kier molecular flexibility index (Phi) is 8.08. The molecule has 1 aliphatic heterocycles. The highest BCUT2D eigenvalue weighted by molar-refractivity contribution is 6.39. The molecule has 34 heavy (non-hydrogen) atoms. The predicted molar refractivity (Wildman–Crippen MR) is 129 cm³/mol. The fraction of sp³-hybridized carbons (Fsp3) is 0.269. The lowest BCUT2D eigenvalue weighted by molar-refractivity contribution is -0.122. The van der Waals surface area contributed by atoms with Gasteiger partial charge in [-0.25, -0.2) is 9.69 Å². The summed E-state index contributed by atoms with van der Waals surface area (Å²) in [7, 11) is 0. The van der Waals surface area contributed by atoms with Crippen LogP contribution in [0.25, 0.3) is 6.08 Å². The Morgan fingerprint density at radius 3 is 2.26 bits per heavy atom. The van der Waals surface area contributed by atoms with Crippen molar-refractivity contribution in [2.75, 3.05) is 24.7 Å². The fourth-order valence-corrected chi connectivity index (χ4v) is 3.55. The van der Waals surface area contributed by atoms with Crippen LogP contribution in [0.2, 0.25) is 0 Å². The number of amides is 4. The van der Waals surface area contributed by atoms with E-state index in [1.165, 1.54) is 6.08 Å². The highest BCUT2D eigenvalue weighted by atomic mass is 16.5. The summed E-state index contributed by atoms with van der Waals surface area (Å²) in [5.74, 6) is -0.0521. The smallest absolute Gasteiger partial charge is 0.336 e. The number of urea groups is 1. The number of imide groups is 2. The zero-order chi connectivity index (χ0) is 24.7. The average Bonchev–Trinajstić information content (AvgIpc) is 2.80. The Labute approximate surface area is 198 Å². The Bertz CT molecular complexity index is 1140. The molecule has 3 rings (SSSR count). The quantitative estimate of drug-likeness (QED) is 0.321. The molecule has 0 saturated carbocycles. The SMILES string of the molecule is C=CCc1cc(/C=C2\C(=O)NC(=O)N(c3cc(OCC)ccc3OCC)C2=O)ccc1OCC. The van der Waals surface area contributed by atoms with Crippen molar-refractivity contribution in [3.05, 3.63) is 65.8 Å². The molecule has 1 saturated heterocycles. The maximum Gasteiger partial charge on any atom is 0.336 e. The molecule has 0 aliphatic carbocycles. The summed E-state index contributed by atoms with van der Waals surface area (Å²) >= 11 is 0. The second-order valence-corrected chi connectivity index (χ2v) is 7.25. The van der Waals surface area contributed by atoms with Crippen LogP contribution in [0.4, 0.5) is 10.5 Å². The molecule has 2 aromatic rings. The van der Waals surface area contributed by atoms with Crippen LogP contribution in [0.1, 0.15) is 31.9 Å². The molecule has 1 fully saturated rings. The van der Waals surface area contributed by atoms with E-state index in [0.29, 0.717) is 49.1 Å². The van der Waals surface area contributed by atoms with E-state index in [1.807, 2.05) is 19.9 Å². The number of nitrogens with zero attached hydrogens (tertiary/aromatic N) is 1. The van der Waals surface area contributed by atoms with Crippen molar-refractivity contribution in [3.8, 4) is 17.2 Å². The van der Waals surface area contributed by atoms with Crippen LogP contribution in [0.15, 0.2) is 54.6 Å². The van der Waals surface area contributed by atoms with E-state index in [2.05, 4.69) is 11.9 Å². The van der Waals surface area contributed by atoms with Gasteiger partial charge in [-0.3, -0.25) is 14.9 Å². The summed E-state index contributed by atoms with van der Waals surface area (Å²) in [6.07, 6.45) is 3.75. The predicted octanol–water partition coefficient (Wildman–Crippen LogP) is 4.28. The first-order chi connectivity index (χ1) is 16.4. The third-order valence-corrected chi connectivity index (χ3v) is 4.94. The summed E-state index contributed by atoms with van der Waals surface area (Å²) in [6.45, 7) is 10.5. The molecule has 1 N–H and O–H groups in total. The lowest BCUT2D eigenvalue weighted by Gasteiger charge is -2.28. The second-order valence-electron chi connectivity index (χ2n) is 7.25. The van der Waals surface area contributed by atoms with Crippen LogP contribution in [-0.4, -0.2) is 37.7 Å². The third kappa shape index (κ3) is 5.28. The number of carbonyl (C=O) groups is 3. The van der Waals surface area contributed by atoms with Gasteiger partial charge in [0.25, 0.3) is 11.8 Å². The number of hydrogen-bond acceptors (Lipinski definition) is 6. The molecule has 0 spiro atoms. The van der Waals surface area contributed by atoms with Gasteiger partial charge < -0.3 is 14.2 Å². The molecule has 0 unspecified atom stereocenters. The van der Waals surface area contributed by atoms with Crippen molar-refractivity contribution in [3.63, 3.8) is 0 Å². The molecule has 0 aromatic heterocycles. The van der Waals surface area contributed by atoms with Gasteiger partial charge in [-0.2, -0.15) is 0 Å². The molecule has 4 amide bonds. The molecule has 0 bridgehead atoms. The normalized spacial score (nSPS) is 14.7. The van der Waals surface area contributed by atoms with Crippen molar-refractivity contribution in [1.29, 1.82) is 0 Å². The lowest BCUT2D eigenvalue weighted by Crippen LogP contribution is -2.54. The maximum absolute atomic E-state index is 13.4. The van der Waals surface area contributed by atoms with Gasteiger partial charge in [0.2, 0.25) is 0 Å². The highest BCUT2D eigenvalue weighted by Gasteiger charge is 2.38. The number of benzene rings is 2. The number of ether oxygens (including phenoxy) is 3. The molecular formula is C26H28N2O6. The lowest BCUT2D eigenvalue weighted by atomic mass is 10.0. The number of rotatable bonds is 10. The Hall–Kier alpha value is -4.07. The molecule has 178 valence electrons. The summed E-state index contributed by atoms with van der Waals surface area (Å²) in [6, 6.07) is 9.34. The largest absolute Gasteiger partial charge is 0.494 e. The van der Waals surface area contributed by atoms with Crippen LogP contribution in [0, 0.1) is 0 Å². The number of allylic oxidation sites excluding steroid dienone is 1. The van der Waals surface area contributed by atoms with Crippen LogP contribution < -0.4 is 24.4 Å². The van der Waals surface area contributed by atoms with E-state index in [-0.39, 0.29) is 11.3 Å². The molecule has 2 aromatic carbocycles. The minimum Gasteiger partial charge on any atom is -0.494 e. The molecule has 1 aliphatic rings. The van der Waals surface area contributed by atoms with E-state index in [9.17, 15) is 14.4 Å². The summed E-state index contributed by atoms with van der Waals surface area (Å²) < 4.78 is 16.8. The molecule has 1 heterocycles. The first kappa shape index (κ1) is 24.6. The van der Waals surface area contributed by atoms with Gasteiger partial charge >= 0.3 is 6.03 Å². The number of nitrogens with one attached hydrogen (secondary N) is 1. The van der Waals surface area contributed by atoms with Crippen molar-refractivity contribution in [2.45, 2.75) is 27.2 Å². The summed E-state index contributed by atoms with van der Waals surface area (Å²) in [5, 5.41) is 2.24. The minimum atomic E-state index is -0.860. The second kappa shape index (κ2) is 11.2. The van der Waals surface area contributed by atoms with Crippen LogP contribution in [0.5, 0.6) is 17.2 Å². The Morgan fingerprint density at radius 2 is 1.59 bits per heavy atom. The first-order valence-corrected chi connectivity index (χ1v) is 11.1.